The molecule has 1 aliphatic rings. The number of rotatable bonds is 7. The highest BCUT2D eigenvalue weighted by Gasteiger charge is 2.39. The number of H-pyrrole nitrogens is 1. The molecule has 0 radical (unpaired) electrons. The maximum atomic E-state index is 12.6. The van der Waals surface area contributed by atoms with Crippen molar-refractivity contribution in [2.45, 2.75) is 45.2 Å². The molecule has 1 unspecified atom stereocenters. The van der Waals surface area contributed by atoms with Crippen molar-refractivity contribution < 1.29 is 14.4 Å². The third-order valence-electron chi connectivity index (χ3n) is 4.86. The van der Waals surface area contributed by atoms with E-state index in [1.54, 1.807) is 0 Å². The van der Waals surface area contributed by atoms with E-state index in [1.807, 2.05) is 44.3 Å². The van der Waals surface area contributed by atoms with E-state index in [2.05, 4.69) is 15.6 Å². The van der Waals surface area contributed by atoms with Crippen molar-refractivity contribution in [3.63, 3.8) is 0 Å². The average Bonchev–Trinajstić information content (AvgIpc) is 3.16. The zero-order valence-electron chi connectivity index (χ0n) is 15.0. The second kappa shape index (κ2) is 7.59. The smallest absolute Gasteiger partial charge is 0.325 e. The number of hydrogen-bond donors (Lipinski definition) is 3. The summed E-state index contributed by atoms with van der Waals surface area (Å²) >= 11 is 0. The van der Waals surface area contributed by atoms with Crippen molar-refractivity contribution in [2.24, 2.45) is 0 Å². The first kappa shape index (κ1) is 18.0. The van der Waals surface area contributed by atoms with E-state index < -0.39 is 12.1 Å². The van der Waals surface area contributed by atoms with Crippen molar-refractivity contribution in [3.05, 3.63) is 36.0 Å². The molecule has 26 heavy (non-hydrogen) atoms. The van der Waals surface area contributed by atoms with Gasteiger partial charge in [-0.1, -0.05) is 32.0 Å². The second-order valence-corrected chi connectivity index (χ2v) is 6.57. The Bertz CT molecular complexity index is 825. The summed E-state index contributed by atoms with van der Waals surface area (Å²) in [5.74, 6) is -0.671. The molecule has 7 heteroatoms. The van der Waals surface area contributed by atoms with Crippen LogP contribution in [-0.2, 0) is 16.0 Å². The highest BCUT2D eigenvalue weighted by atomic mass is 16.2. The van der Waals surface area contributed by atoms with Gasteiger partial charge in [-0.3, -0.25) is 14.5 Å². The summed E-state index contributed by atoms with van der Waals surface area (Å²) in [6.07, 6.45) is 3.86. The fraction of sp³-hybridized carbons (Fsp3) is 0.421. The molecule has 3 rings (SSSR count). The predicted octanol–water partition coefficient (Wildman–Crippen LogP) is 1.94. The number of carbonyl (C=O) groups excluding carboxylic acids is 3. The van der Waals surface area contributed by atoms with Gasteiger partial charge in [0.1, 0.15) is 12.6 Å². The molecule has 138 valence electrons. The monoisotopic (exact) mass is 356 g/mol. The number of aromatic nitrogens is 1. The molecule has 1 aromatic carbocycles. The maximum absolute atomic E-state index is 12.6. The minimum absolute atomic E-state index is 0.0604. The van der Waals surface area contributed by atoms with Gasteiger partial charge in [-0.2, -0.15) is 0 Å². The van der Waals surface area contributed by atoms with Crippen molar-refractivity contribution in [1.82, 2.24) is 20.5 Å². The molecular weight excluding hydrogens is 332 g/mol. The van der Waals surface area contributed by atoms with E-state index in [0.29, 0.717) is 6.42 Å². The van der Waals surface area contributed by atoms with Crippen LogP contribution >= 0.6 is 0 Å². The van der Waals surface area contributed by atoms with Gasteiger partial charge < -0.3 is 15.6 Å². The molecule has 3 N–H and O–H groups in total. The number of benzene rings is 1. The molecule has 1 atom stereocenters. The van der Waals surface area contributed by atoms with Crippen LogP contribution in [0.4, 0.5) is 4.79 Å². The zero-order chi connectivity index (χ0) is 18.7. The van der Waals surface area contributed by atoms with E-state index in [9.17, 15) is 14.4 Å². The lowest BCUT2D eigenvalue weighted by Gasteiger charge is -2.17. The Morgan fingerprint density at radius 3 is 2.69 bits per heavy atom. The summed E-state index contributed by atoms with van der Waals surface area (Å²) in [5, 5.41) is 6.57. The fourth-order valence-corrected chi connectivity index (χ4v) is 3.30. The highest BCUT2D eigenvalue weighted by Crippen LogP contribution is 2.21. The molecule has 1 aromatic heterocycles. The standard InChI is InChI=1S/C19H24N4O3/c1-3-13(4-2)21-17(24)11-23-18(25)16(22-19(23)26)9-12-10-20-15-8-6-5-7-14(12)15/h5-8,10,13,16,20H,3-4,9,11H2,1-2H3,(H,21,24)(H,22,26). The number of para-hydroxylation sites is 1. The fourth-order valence-electron chi connectivity index (χ4n) is 3.30. The van der Waals surface area contributed by atoms with Gasteiger partial charge in [-0.25, -0.2) is 4.79 Å². The molecule has 1 saturated heterocycles. The quantitative estimate of drug-likeness (QED) is 0.662. The number of carbonyl (C=O) groups is 3. The number of fused-ring (bicyclic) bond motifs is 1. The van der Waals surface area contributed by atoms with Gasteiger partial charge in [0, 0.05) is 29.6 Å². The summed E-state index contributed by atoms with van der Waals surface area (Å²) in [7, 11) is 0. The molecule has 0 bridgehead atoms. The van der Waals surface area contributed by atoms with Crippen molar-refractivity contribution in [1.29, 1.82) is 0 Å². The van der Waals surface area contributed by atoms with Crippen LogP contribution in [0.15, 0.2) is 30.5 Å². The Morgan fingerprint density at radius 2 is 1.96 bits per heavy atom. The number of urea groups is 1. The van der Waals surface area contributed by atoms with Crippen LogP contribution in [0, 0.1) is 0 Å². The lowest BCUT2D eigenvalue weighted by Crippen LogP contribution is -2.44. The van der Waals surface area contributed by atoms with Crippen LogP contribution in [0.1, 0.15) is 32.3 Å². The van der Waals surface area contributed by atoms with Crippen LogP contribution in [0.3, 0.4) is 0 Å². The molecule has 2 heterocycles. The van der Waals surface area contributed by atoms with Crippen LogP contribution < -0.4 is 10.6 Å². The third-order valence-corrected chi connectivity index (χ3v) is 4.86. The first-order valence-electron chi connectivity index (χ1n) is 8.99. The van der Waals surface area contributed by atoms with Gasteiger partial charge in [0.15, 0.2) is 0 Å². The minimum atomic E-state index is -0.650. The molecule has 4 amide bonds. The largest absolute Gasteiger partial charge is 0.361 e. The number of nitrogens with one attached hydrogen (secondary N) is 3. The topological polar surface area (TPSA) is 94.3 Å². The second-order valence-electron chi connectivity index (χ2n) is 6.57. The Hall–Kier alpha value is -2.83. The molecule has 0 saturated carbocycles. The van der Waals surface area contributed by atoms with E-state index in [4.69, 9.17) is 0 Å². The summed E-state index contributed by atoms with van der Waals surface area (Å²) in [5.41, 5.74) is 1.95. The molecule has 0 spiro atoms. The molecular formula is C19H24N4O3. The summed E-state index contributed by atoms with van der Waals surface area (Å²) < 4.78 is 0. The van der Waals surface area contributed by atoms with Crippen molar-refractivity contribution in [3.8, 4) is 0 Å². The van der Waals surface area contributed by atoms with Gasteiger partial charge in [0.25, 0.3) is 5.91 Å². The molecule has 1 aliphatic heterocycles. The first-order valence-corrected chi connectivity index (χ1v) is 8.99. The minimum Gasteiger partial charge on any atom is -0.361 e. The van der Waals surface area contributed by atoms with Crippen LogP contribution in [0.5, 0.6) is 0 Å². The van der Waals surface area contributed by atoms with E-state index >= 15 is 0 Å². The number of hydrogen-bond acceptors (Lipinski definition) is 3. The van der Waals surface area contributed by atoms with Gasteiger partial charge in [0.2, 0.25) is 5.91 Å². The van der Waals surface area contributed by atoms with Gasteiger partial charge in [0.05, 0.1) is 0 Å². The van der Waals surface area contributed by atoms with E-state index in [0.717, 1.165) is 34.2 Å². The number of amides is 4. The first-order chi connectivity index (χ1) is 12.5. The molecule has 2 aromatic rings. The Balaban J connectivity index is 1.66. The molecule has 0 aliphatic carbocycles. The number of nitrogens with zero attached hydrogens (tertiary/aromatic N) is 1. The third kappa shape index (κ3) is 3.56. The molecule has 7 nitrogen and oxygen atoms in total. The number of imide groups is 1. The van der Waals surface area contributed by atoms with Gasteiger partial charge in [-0.05, 0) is 24.5 Å². The number of aromatic amines is 1. The average molecular weight is 356 g/mol. The lowest BCUT2D eigenvalue weighted by molar-refractivity contribution is -0.132. The summed E-state index contributed by atoms with van der Waals surface area (Å²) in [6.45, 7) is 3.73. The van der Waals surface area contributed by atoms with Crippen LogP contribution in [-0.4, -0.2) is 46.4 Å². The molecule has 1 fully saturated rings. The van der Waals surface area contributed by atoms with E-state index in [1.165, 1.54) is 0 Å². The van der Waals surface area contributed by atoms with Crippen molar-refractivity contribution >= 4 is 28.7 Å². The summed E-state index contributed by atoms with van der Waals surface area (Å²) in [6, 6.07) is 6.70. The van der Waals surface area contributed by atoms with Crippen molar-refractivity contribution in [2.75, 3.05) is 6.54 Å². The lowest BCUT2D eigenvalue weighted by atomic mass is 10.1. The Kier molecular flexibility index (Phi) is 5.25. The van der Waals surface area contributed by atoms with E-state index in [-0.39, 0.29) is 24.4 Å². The van der Waals surface area contributed by atoms with Crippen LogP contribution in [0.2, 0.25) is 0 Å². The zero-order valence-corrected chi connectivity index (χ0v) is 15.0. The Labute approximate surface area is 152 Å². The normalized spacial score (nSPS) is 17.2. The predicted molar refractivity (Wildman–Crippen MR) is 98.5 cm³/mol. The van der Waals surface area contributed by atoms with Gasteiger partial charge in [-0.15, -0.1) is 0 Å². The Morgan fingerprint density at radius 1 is 1.23 bits per heavy atom. The van der Waals surface area contributed by atoms with Crippen LogP contribution in [0.25, 0.3) is 10.9 Å². The van der Waals surface area contributed by atoms with Gasteiger partial charge >= 0.3 is 6.03 Å². The SMILES string of the molecule is CCC(CC)NC(=O)CN1C(=O)NC(Cc2c[nH]c3ccccc23)C1=O. The highest BCUT2D eigenvalue weighted by molar-refractivity contribution is 6.06. The summed E-state index contributed by atoms with van der Waals surface area (Å²) in [4.78, 5) is 41.0. The maximum Gasteiger partial charge on any atom is 0.325 e.